The van der Waals surface area contributed by atoms with Crippen molar-refractivity contribution in [2.45, 2.75) is 84.8 Å². The number of ether oxygens (including phenoxy) is 1. The maximum absolute atomic E-state index is 13.8. The second-order valence-electron chi connectivity index (χ2n) is 18.0. The Labute approximate surface area is 420 Å². The number of halogens is 1. The Hall–Kier alpha value is -5.61. The fraction of sp³-hybridized carbons (Fsp3) is 0.462. The van der Waals surface area contributed by atoms with Gasteiger partial charge in [0.2, 0.25) is 11.9 Å². The number of hydrogen-bond donors (Lipinski definition) is 3. The third-order valence-corrected chi connectivity index (χ3v) is 15.7. The Morgan fingerprint density at radius 3 is 2.36 bits per heavy atom. The lowest BCUT2D eigenvalue weighted by Crippen LogP contribution is -2.53. The van der Waals surface area contributed by atoms with Gasteiger partial charge in [0.25, 0.3) is 0 Å². The number of aromatic nitrogens is 5. The van der Waals surface area contributed by atoms with Crippen molar-refractivity contribution >= 4 is 91.3 Å². The Morgan fingerprint density at radius 1 is 0.943 bits per heavy atom. The first-order valence-electron chi connectivity index (χ1n) is 24.7. The number of fused-ring (bicyclic) bond motifs is 2. The standard InChI is InChI=1S/C50H63BrN11O5P.C2H6/c1-7-33-29-39(56-49-54-31-37(51)47(57-49)55-40-32-53-38-15-10-9-14-36(38)46(40)68(5,6)66)44(67-4)30-43(33)60-22-19-35(20-23-60)59-26-24-58(25-27-59)21-18-34-13-11-16-41-45(34)61(8-2)50(65)62(41)42(17-12-28-63)48(64)52-3;1-2/h9-11,13-16,28-32,35,42H,7-8,12,17-27H2,1-6H3,(H,52,64)(H2,54,55,56,57);1-2H3. The molecule has 0 bridgehead atoms. The van der Waals surface area contributed by atoms with Crippen LogP contribution in [0.3, 0.4) is 0 Å². The number of piperidine rings is 1. The molecule has 0 radical (unpaired) electrons. The molecule has 3 aromatic carbocycles. The summed E-state index contributed by atoms with van der Waals surface area (Å²) in [6.45, 7) is 18.9. The summed E-state index contributed by atoms with van der Waals surface area (Å²) in [5.41, 5.74) is 7.05. The van der Waals surface area contributed by atoms with Crippen molar-refractivity contribution in [3.05, 3.63) is 93.1 Å². The summed E-state index contributed by atoms with van der Waals surface area (Å²) in [6, 6.07) is 17.7. The molecule has 2 saturated heterocycles. The van der Waals surface area contributed by atoms with Crippen LogP contribution in [0.1, 0.15) is 70.5 Å². The smallest absolute Gasteiger partial charge is 0.329 e. The van der Waals surface area contributed by atoms with Crippen molar-refractivity contribution < 1.29 is 18.9 Å². The van der Waals surface area contributed by atoms with Crippen molar-refractivity contribution in [1.82, 2.24) is 39.2 Å². The Balaban J connectivity index is 0.00000356. The quantitative estimate of drug-likeness (QED) is 0.0555. The number of aryl methyl sites for hydroxylation is 2. The molecule has 6 aromatic rings. The summed E-state index contributed by atoms with van der Waals surface area (Å²) in [5, 5.41) is 11.1. The lowest BCUT2D eigenvalue weighted by molar-refractivity contribution is -0.124. The van der Waals surface area contributed by atoms with Crippen LogP contribution in [0.2, 0.25) is 0 Å². The fourth-order valence-corrected chi connectivity index (χ4v) is 11.9. The number of pyridine rings is 1. The highest BCUT2D eigenvalue weighted by Gasteiger charge is 2.30. The molecule has 3 N–H and O–H groups in total. The highest BCUT2D eigenvalue weighted by atomic mass is 79.9. The second-order valence-corrected chi connectivity index (χ2v) is 22.0. The SMILES string of the molecule is CC.CCc1cc(Nc2ncc(Br)c(Nc3cnc4ccccc4c3P(C)(C)=O)n2)c(OC)cc1N1CCC(N2CCN(CCc3cccc4c3n(CC)c(=O)n4C(CCC=O)C(=O)NC)CC2)CC1. The average molecular weight is 1040 g/mol. The lowest BCUT2D eigenvalue weighted by Gasteiger charge is -2.43. The molecule has 0 saturated carbocycles. The number of imidazole rings is 1. The predicted molar refractivity (Wildman–Crippen MR) is 288 cm³/mol. The van der Waals surface area contributed by atoms with Gasteiger partial charge in [0.15, 0.2) is 0 Å². The summed E-state index contributed by atoms with van der Waals surface area (Å²) in [4.78, 5) is 59.7. The van der Waals surface area contributed by atoms with Gasteiger partial charge in [-0.15, -0.1) is 0 Å². The first-order chi connectivity index (χ1) is 33.9. The molecule has 1 atom stereocenters. The largest absolute Gasteiger partial charge is 0.494 e. The zero-order valence-corrected chi connectivity index (χ0v) is 44.4. The van der Waals surface area contributed by atoms with Gasteiger partial charge in [0, 0.05) is 101 Å². The molecule has 1 amide bonds. The molecule has 2 fully saturated rings. The predicted octanol–water partition coefficient (Wildman–Crippen LogP) is 8.35. The van der Waals surface area contributed by atoms with Gasteiger partial charge in [-0.1, -0.05) is 51.1 Å². The van der Waals surface area contributed by atoms with Gasteiger partial charge >= 0.3 is 5.69 Å². The van der Waals surface area contributed by atoms with E-state index < -0.39 is 13.2 Å². The van der Waals surface area contributed by atoms with Crippen molar-refractivity contribution in [2.75, 3.05) is 88.8 Å². The molecule has 374 valence electrons. The minimum atomic E-state index is -2.72. The van der Waals surface area contributed by atoms with E-state index in [1.807, 2.05) is 57.2 Å². The number of aldehydes is 1. The number of anilines is 5. The monoisotopic (exact) mass is 1040 g/mol. The number of nitrogens with zero attached hydrogens (tertiary/aromatic N) is 8. The summed E-state index contributed by atoms with van der Waals surface area (Å²) >= 11 is 3.61. The molecule has 3 aromatic heterocycles. The number of nitrogens with one attached hydrogen (secondary N) is 3. The highest BCUT2D eigenvalue weighted by Crippen LogP contribution is 2.42. The van der Waals surface area contributed by atoms with Gasteiger partial charge in [-0.05, 0) is 97.6 Å². The van der Waals surface area contributed by atoms with E-state index in [1.54, 1.807) is 49.0 Å². The van der Waals surface area contributed by atoms with Crippen LogP contribution >= 0.6 is 23.1 Å². The summed E-state index contributed by atoms with van der Waals surface area (Å²) < 4.78 is 23.6. The van der Waals surface area contributed by atoms with Crippen molar-refractivity contribution in [2.24, 2.45) is 0 Å². The van der Waals surface area contributed by atoms with Gasteiger partial charge in [0.05, 0.1) is 45.7 Å². The van der Waals surface area contributed by atoms with Gasteiger partial charge in [-0.25, -0.2) is 9.78 Å². The molecule has 5 heterocycles. The Morgan fingerprint density at radius 2 is 1.69 bits per heavy atom. The topological polar surface area (TPSA) is 172 Å². The van der Waals surface area contributed by atoms with Gasteiger partial charge in [0.1, 0.15) is 31.0 Å². The van der Waals surface area contributed by atoms with Gasteiger partial charge in [-0.3, -0.25) is 23.8 Å². The highest BCUT2D eigenvalue weighted by molar-refractivity contribution is 9.10. The number of carbonyl (C=O) groups excluding carboxylic acids is 2. The molecule has 2 aliphatic rings. The molecule has 0 spiro atoms. The second kappa shape index (κ2) is 23.5. The van der Waals surface area contributed by atoms with E-state index in [-0.39, 0.29) is 24.4 Å². The van der Waals surface area contributed by atoms with Crippen molar-refractivity contribution in [1.29, 1.82) is 0 Å². The van der Waals surface area contributed by atoms with Crippen LogP contribution in [0.15, 0.2) is 76.3 Å². The van der Waals surface area contributed by atoms with Crippen LogP contribution in [0.5, 0.6) is 5.75 Å². The third-order valence-electron chi connectivity index (χ3n) is 13.5. The molecule has 70 heavy (non-hydrogen) atoms. The molecule has 1 unspecified atom stereocenters. The maximum Gasteiger partial charge on any atom is 0.329 e. The summed E-state index contributed by atoms with van der Waals surface area (Å²) in [5.74, 6) is 1.32. The molecule has 8 rings (SSSR count). The summed E-state index contributed by atoms with van der Waals surface area (Å²) in [6.07, 6.45) is 8.44. The first kappa shape index (κ1) is 52.2. The molecule has 18 heteroatoms. The Bertz CT molecular complexity index is 2900. The average Bonchev–Trinajstić information content (AvgIpc) is 3.67. The number of benzene rings is 3. The van der Waals surface area contributed by atoms with Crippen LogP contribution in [0, 0.1) is 0 Å². The molecular formula is C52H69BrN11O5P. The number of amides is 1. The normalized spacial score (nSPS) is 15.4. The summed E-state index contributed by atoms with van der Waals surface area (Å²) in [7, 11) is 0.525. The van der Waals surface area contributed by atoms with Crippen LogP contribution in [-0.4, -0.2) is 125 Å². The first-order valence-corrected chi connectivity index (χ1v) is 28.1. The Kier molecular flexibility index (Phi) is 17.6. The van der Waals surface area contributed by atoms with Crippen molar-refractivity contribution in [3.63, 3.8) is 0 Å². The van der Waals surface area contributed by atoms with Gasteiger partial charge in [-0.2, -0.15) is 4.98 Å². The zero-order valence-electron chi connectivity index (χ0n) is 41.9. The van der Waals surface area contributed by atoms with Crippen LogP contribution in [0.4, 0.5) is 28.8 Å². The van der Waals surface area contributed by atoms with Crippen LogP contribution < -0.4 is 36.6 Å². The molecule has 16 nitrogen and oxygen atoms in total. The van der Waals surface area contributed by atoms with Crippen molar-refractivity contribution in [3.8, 4) is 5.75 Å². The number of methoxy groups -OCH3 is 1. The molecule has 0 aliphatic carbocycles. The van der Waals surface area contributed by atoms with E-state index in [0.717, 1.165) is 116 Å². The lowest BCUT2D eigenvalue weighted by atomic mass is 9.99. The van der Waals surface area contributed by atoms with E-state index in [9.17, 15) is 18.9 Å². The van der Waals surface area contributed by atoms with Crippen LogP contribution in [-0.2, 0) is 33.5 Å². The fourth-order valence-electron chi connectivity index (χ4n) is 10.1. The maximum atomic E-state index is 13.8. The number of carbonyl (C=O) groups is 2. The van der Waals surface area contributed by atoms with E-state index in [4.69, 9.17) is 9.72 Å². The van der Waals surface area contributed by atoms with E-state index in [1.165, 1.54) is 11.3 Å². The van der Waals surface area contributed by atoms with E-state index in [0.29, 0.717) is 40.3 Å². The number of piperazine rings is 1. The zero-order chi connectivity index (χ0) is 50.1. The van der Waals surface area contributed by atoms with Gasteiger partial charge < -0.3 is 39.8 Å². The molecule has 2 aliphatic heterocycles. The number of para-hydroxylation sites is 2. The number of rotatable bonds is 18. The van der Waals surface area contributed by atoms with E-state index >= 15 is 0 Å². The molecular weight excluding hydrogens is 970 g/mol. The minimum Gasteiger partial charge on any atom is -0.494 e. The third kappa shape index (κ3) is 11.3. The van der Waals surface area contributed by atoms with Crippen LogP contribution in [0.25, 0.3) is 21.9 Å². The number of likely N-dealkylation sites (N-methyl/N-ethyl adjacent to an activating group) is 1. The van der Waals surface area contributed by atoms with E-state index in [2.05, 4.69) is 81.7 Å². The number of hydrogen-bond acceptors (Lipinski definition) is 13. The minimum absolute atomic E-state index is 0.195.